The molecule has 4 heteroatoms. The molecule has 0 spiro atoms. The van der Waals surface area contributed by atoms with Gasteiger partial charge in [-0.05, 0) is 25.8 Å². The maximum Gasteiger partial charge on any atom is 0.311 e. The molecule has 98 valence electrons. The summed E-state index contributed by atoms with van der Waals surface area (Å²) < 4.78 is 5.38. The van der Waals surface area contributed by atoms with Crippen molar-refractivity contribution in [3.63, 3.8) is 0 Å². The van der Waals surface area contributed by atoms with Crippen LogP contribution in [0.4, 0.5) is 0 Å². The SMILES string of the molecule is CC1(C(=O)OCC[Si](C)(C)C)CCC(=O)CC1. The van der Waals surface area contributed by atoms with Crippen LogP contribution in [0.3, 0.4) is 0 Å². The van der Waals surface area contributed by atoms with E-state index in [1.54, 1.807) is 0 Å². The van der Waals surface area contributed by atoms with Gasteiger partial charge in [-0.25, -0.2) is 0 Å². The summed E-state index contributed by atoms with van der Waals surface area (Å²) in [6.07, 6.45) is 2.36. The average Bonchev–Trinajstić information content (AvgIpc) is 2.21. The monoisotopic (exact) mass is 256 g/mol. The highest BCUT2D eigenvalue weighted by molar-refractivity contribution is 6.76. The summed E-state index contributed by atoms with van der Waals surface area (Å²) in [7, 11) is -1.14. The number of carbonyl (C=O) groups excluding carboxylic acids is 2. The standard InChI is InChI=1S/C13H24O3Si/c1-13(7-5-11(14)6-8-13)12(15)16-9-10-17(2,3)4/h5-10H2,1-4H3. The van der Waals surface area contributed by atoms with Gasteiger partial charge in [-0.2, -0.15) is 0 Å². The zero-order valence-corrected chi connectivity index (χ0v) is 12.5. The second-order valence-corrected chi connectivity index (χ2v) is 12.2. The van der Waals surface area contributed by atoms with Crippen LogP contribution in [0.15, 0.2) is 0 Å². The molecule has 0 aromatic heterocycles. The van der Waals surface area contributed by atoms with E-state index in [2.05, 4.69) is 19.6 Å². The van der Waals surface area contributed by atoms with E-state index in [9.17, 15) is 9.59 Å². The Labute approximate surface area is 105 Å². The largest absolute Gasteiger partial charge is 0.466 e. The summed E-state index contributed by atoms with van der Waals surface area (Å²) in [5, 5.41) is 0. The lowest BCUT2D eigenvalue weighted by Crippen LogP contribution is -2.35. The normalized spacial score (nSPS) is 20.1. The average molecular weight is 256 g/mol. The Bertz CT molecular complexity index is 294. The molecule has 0 N–H and O–H groups in total. The van der Waals surface area contributed by atoms with E-state index in [-0.39, 0.29) is 11.8 Å². The predicted octanol–water partition coefficient (Wildman–Crippen LogP) is 3.02. The number of ether oxygens (including phenoxy) is 1. The van der Waals surface area contributed by atoms with Gasteiger partial charge in [-0.3, -0.25) is 9.59 Å². The molecule has 0 unspecified atom stereocenters. The van der Waals surface area contributed by atoms with Gasteiger partial charge in [-0.15, -0.1) is 0 Å². The number of rotatable bonds is 4. The summed E-state index contributed by atoms with van der Waals surface area (Å²) >= 11 is 0. The van der Waals surface area contributed by atoms with Gasteiger partial charge in [0.15, 0.2) is 0 Å². The van der Waals surface area contributed by atoms with Crippen LogP contribution < -0.4 is 0 Å². The smallest absolute Gasteiger partial charge is 0.311 e. The molecule has 1 rings (SSSR count). The van der Waals surface area contributed by atoms with Gasteiger partial charge in [0.25, 0.3) is 0 Å². The Hall–Kier alpha value is -0.643. The third kappa shape index (κ3) is 4.62. The van der Waals surface area contributed by atoms with Crippen LogP contribution in [-0.4, -0.2) is 26.4 Å². The van der Waals surface area contributed by atoms with Crippen molar-refractivity contribution in [1.29, 1.82) is 0 Å². The summed E-state index contributed by atoms with van der Waals surface area (Å²) in [5.41, 5.74) is -0.423. The highest BCUT2D eigenvalue weighted by atomic mass is 28.3. The molecule has 0 aromatic carbocycles. The molecule has 1 aliphatic rings. The van der Waals surface area contributed by atoms with Gasteiger partial charge in [0.2, 0.25) is 0 Å². The number of ketones is 1. The van der Waals surface area contributed by atoms with Crippen molar-refractivity contribution in [1.82, 2.24) is 0 Å². The first kappa shape index (κ1) is 14.4. The highest BCUT2D eigenvalue weighted by Gasteiger charge is 2.38. The van der Waals surface area contributed by atoms with Crippen LogP contribution >= 0.6 is 0 Å². The van der Waals surface area contributed by atoms with Gasteiger partial charge in [0, 0.05) is 20.9 Å². The summed E-state index contributed by atoms with van der Waals surface area (Å²) in [6.45, 7) is 9.26. The molecule has 0 aliphatic heterocycles. The molecule has 0 aromatic rings. The zero-order chi connectivity index (χ0) is 13.1. The number of hydrogen-bond donors (Lipinski definition) is 0. The number of hydrogen-bond acceptors (Lipinski definition) is 3. The van der Waals surface area contributed by atoms with E-state index in [4.69, 9.17) is 4.74 Å². The number of Topliss-reactive ketones (excluding diaryl/α,β-unsaturated/α-hetero) is 1. The van der Waals surface area contributed by atoms with Crippen molar-refractivity contribution < 1.29 is 14.3 Å². The summed E-state index contributed by atoms with van der Waals surface area (Å²) in [4.78, 5) is 23.2. The fraction of sp³-hybridized carbons (Fsp3) is 0.846. The van der Waals surface area contributed by atoms with E-state index < -0.39 is 13.5 Å². The Balaban J connectivity index is 2.39. The van der Waals surface area contributed by atoms with E-state index in [0.29, 0.717) is 32.3 Å². The third-order valence-electron chi connectivity index (χ3n) is 3.49. The van der Waals surface area contributed by atoms with E-state index in [1.807, 2.05) is 6.92 Å². The molecule has 0 bridgehead atoms. The minimum absolute atomic E-state index is 0.108. The van der Waals surface area contributed by atoms with Crippen LogP contribution in [0.5, 0.6) is 0 Å². The Morgan fingerprint density at radius 2 is 1.82 bits per heavy atom. The molecule has 0 amide bonds. The Morgan fingerprint density at radius 1 is 1.29 bits per heavy atom. The lowest BCUT2D eigenvalue weighted by Gasteiger charge is -2.30. The van der Waals surface area contributed by atoms with Gasteiger partial charge in [0.05, 0.1) is 12.0 Å². The van der Waals surface area contributed by atoms with E-state index in [1.165, 1.54) is 0 Å². The van der Waals surface area contributed by atoms with Crippen molar-refractivity contribution in [2.45, 2.75) is 58.3 Å². The first-order valence-corrected chi connectivity index (χ1v) is 10.1. The van der Waals surface area contributed by atoms with Crippen molar-refractivity contribution >= 4 is 19.8 Å². The van der Waals surface area contributed by atoms with Crippen LogP contribution in [0.2, 0.25) is 25.7 Å². The van der Waals surface area contributed by atoms with E-state index >= 15 is 0 Å². The molecule has 0 saturated heterocycles. The Kier molecular flexibility index (Phi) is 4.53. The van der Waals surface area contributed by atoms with Crippen LogP contribution in [0, 0.1) is 5.41 Å². The molecule has 0 atom stereocenters. The van der Waals surface area contributed by atoms with Crippen molar-refractivity contribution in [2.24, 2.45) is 5.41 Å². The minimum atomic E-state index is -1.14. The second-order valence-electron chi connectivity index (χ2n) is 6.55. The zero-order valence-electron chi connectivity index (χ0n) is 11.5. The molecule has 1 fully saturated rings. The van der Waals surface area contributed by atoms with E-state index in [0.717, 1.165) is 6.04 Å². The maximum absolute atomic E-state index is 12.0. The number of carbonyl (C=O) groups is 2. The van der Waals surface area contributed by atoms with Crippen LogP contribution in [0.25, 0.3) is 0 Å². The van der Waals surface area contributed by atoms with Crippen molar-refractivity contribution in [3.8, 4) is 0 Å². The van der Waals surface area contributed by atoms with Gasteiger partial charge < -0.3 is 4.74 Å². The lowest BCUT2D eigenvalue weighted by atomic mass is 9.75. The number of esters is 1. The first-order chi connectivity index (χ1) is 7.73. The molecule has 3 nitrogen and oxygen atoms in total. The fourth-order valence-corrected chi connectivity index (χ4v) is 2.62. The molecule has 0 heterocycles. The van der Waals surface area contributed by atoms with Gasteiger partial charge in [-0.1, -0.05) is 19.6 Å². The molecule has 0 radical (unpaired) electrons. The fourth-order valence-electron chi connectivity index (χ4n) is 1.91. The van der Waals surface area contributed by atoms with Crippen LogP contribution in [-0.2, 0) is 14.3 Å². The predicted molar refractivity (Wildman–Crippen MR) is 70.7 cm³/mol. The summed E-state index contributed by atoms with van der Waals surface area (Å²) in [5.74, 6) is 0.167. The molecular weight excluding hydrogens is 232 g/mol. The maximum atomic E-state index is 12.0. The topological polar surface area (TPSA) is 43.4 Å². The first-order valence-electron chi connectivity index (χ1n) is 6.42. The Morgan fingerprint density at radius 3 is 2.29 bits per heavy atom. The summed E-state index contributed by atoms with van der Waals surface area (Å²) in [6, 6.07) is 1.01. The molecular formula is C13H24O3Si. The van der Waals surface area contributed by atoms with Crippen molar-refractivity contribution in [3.05, 3.63) is 0 Å². The van der Waals surface area contributed by atoms with Gasteiger partial charge in [0.1, 0.15) is 5.78 Å². The highest BCUT2D eigenvalue weighted by Crippen LogP contribution is 2.35. The van der Waals surface area contributed by atoms with Crippen LogP contribution in [0.1, 0.15) is 32.6 Å². The van der Waals surface area contributed by atoms with Crippen molar-refractivity contribution in [2.75, 3.05) is 6.61 Å². The molecule has 17 heavy (non-hydrogen) atoms. The minimum Gasteiger partial charge on any atom is -0.466 e. The molecule has 1 saturated carbocycles. The van der Waals surface area contributed by atoms with Gasteiger partial charge >= 0.3 is 5.97 Å². The second kappa shape index (κ2) is 5.34. The lowest BCUT2D eigenvalue weighted by molar-refractivity contribution is -0.156. The quantitative estimate of drug-likeness (QED) is 0.573. The molecule has 1 aliphatic carbocycles. The third-order valence-corrected chi connectivity index (χ3v) is 5.19.